The van der Waals surface area contributed by atoms with Gasteiger partial charge in [0.2, 0.25) is 0 Å². The lowest BCUT2D eigenvalue weighted by atomic mass is 10.2. The molecule has 2 aromatic carbocycles. The first-order chi connectivity index (χ1) is 10.1. The van der Waals surface area contributed by atoms with Crippen molar-refractivity contribution in [3.63, 3.8) is 0 Å². The normalized spacial score (nSPS) is 11.3. The van der Waals surface area contributed by atoms with Crippen LogP contribution in [0.1, 0.15) is 12.5 Å². The van der Waals surface area contributed by atoms with E-state index in [4.69, 9.17) is 0 Å². The van der Waals surface area contributed by atoms with E-state index in [-0.39, 0.29) is 0 Å². The molecule has 4 nitrogen and oxygen atoms in total. The number of para-hydroxylation sites is 1. The van der Waals surface area contributed by atoms with Crippen molar-refractivity contribution < 1.29 is 8.42 Å². The van der Waals surface area contributed by atoms with Crippen molar-refractivity contribution in [3.8, 4) is 0 Å². The van der Waals surface area contributed by atoms with Gasteiger partial charge in [-0.25, -0.2) is 8.42 Å². The summed E-state index contributed by atoms with van der Waals surface area (Å²) in [5.74, 6) is 0. The number of nitrogens with one attached hydrogen (secondary N) is 1. The molecule has 0 aromatic heterocycles. The maximum Gasteiger partial charge on any atom is 0.264 e. The topological polar surface area (TPSA) is 49.4 Å². The molecule has 112 valence electrons. The number of sulfonamides is 1. The Bertz CT molecular complexity index is 684. The third-order valence-corrected chi connectivity index (χ3v) is 5.24. The average Bonchev–Trinajstić information content (AvgIpc) is 2.49. The molecule has 0 fully saturated rings. The highest BCUT2D eigenvalue weighted by Crippen LogP contribution is 2.25. The fraction of sp³-hybridized carbons (Fsp3) is 0.250. The van der Waals surface area contributed by atoms with Crippen LogP contribution in [0, 0.1) is 0 Å². The Morgan fingerprint density at radius 2 is 1.62 bits per heavy atom. The van der Waals surface area contributed by atoms with Crippen LogP contribution in [0.5, 0.6) is 0 Å². The lowest BCUT2D eigenvalue weighted by Crippen LogP contribution is -2.31. The summed E-state index contributed by atoms with van der Waals surface area (Å²) in [4.78, 5) is 0.352. The lowest BCUT2D eigenvalue weighted by Gasteiger charge is -2.24. The molecule has 0 heterocycles. The summed E-state index contributed by atoms with van der Waals surface area (Å²) < 4.78 is 27.3. The third kappa shape index (κ3) is 3.25. The zero-order valence-corrected chi connectivity index (χ0v) is 13.1. The average molecular weight is 304 g/mol. The molecule has 21 heavy (non-hydrogen) atoms. The summed E-state index contributed by atoms with van der Waals surface area (Å²) in [6, 6.07) is 16.3. The van der Waals surface area contributed by atoms with Gasteiger partial charge in [-0.05, 0) is 37.7 Å². The summed E-state index contributed by atoms with van der Waals surface area (Å²) in [7, 11) is -1.76. The zero-order valence-electron chi connectivity index (χ0n) is 12.3. The number of nitrogens with zero attached hydrogens (tertiary/aromatic N) is 1. The Hall–Kier alpha value is -1.85. The van der Waals surface area contributed by atoms with Crippen LogP contribution in [0.3, 0.4) is 0 Å². The first-order valence-corrected chi connectivity index (χ1v) is 8.35. The molecular formula is C16H20N2O2S. The predicted octanol–water partition coefficient (Wildman–Crippen LogP) is 2.62. The van der Waals surface area contributed by atoms with Crippen LogP contribution in [-0.2, 0) is 16.6 Å². The minimum Gasteiger partial charge on any atom is -0.316 e. The van der Waals surface area contributed by atoms with Gasteiger partial charge in [0.25, 0.3) is 10.0 Å². The second kappa shape index (κ2) is 6.74. The highest BCUT2D eigenvalue weighted by atomic mass is 32.2. The summed E-state index contributed by atoms with van der Waals surface area (Å²) in [5.41, 5.74) is 1.45. The molecule has 2 rings (SSSR count). The standard InChI is InChI=1S/C16H20N2O2S/c1-3-18(15-10-5-4-6-11-15)21(19,20)16-12-8-7-9-14(16)13-17-2/h4-12,17H,3,13H2,1-2H3. The molecule has 0 amide bonds. The van der Waals surface area contributed by atoms with Crippen LogP contribution in [0.2, 0.25) is 0 Å². The van der Waals surface area contributed by atoms with E-state index >= 15 is 0 Å². The lowest BCUT2D eigenvalue weighted by molar-refractivity contribution is 0.590. The molecule has 0 saturated carbocycles. The predicted molar refractivity (Wildman–Crippen MR) is 85.9 cm³/mol. The minimum absolute atomic E-state index is 0.352. The second-order valence-corrected chi connectivity index (χ2v) is 6.47. The maximum atomic E-state index is 13.0. The fourth-order valence-electron chi connectivity index (χ4n) is 2.30. The van der Waals surface area contributed by atoms with Crippen molar-refractivity contribution in [2.45, 2.75) is 18.4 Å². The maximum absolute atomic E-state index is 13.0. The van der Waals surface area contributed by atoms with Gasteiger partial charge in [-0.1, -0.05) is 36.4 Å². The number of benzene rings is 2. The molecule has 2 aromatic rings. The molecule has 0 atom stereocenters. The molecule has 0 radical (unpaired) electrons. The number of rotatable bonds is 6. The summed E-state index contributed by atoms with van der Waals surface area (Å²) in [6.07, 6.45) is 0. The number of hydrogen-bond acceptors (Lipinski definition) is 3. The van der Waals surface area contributed by atoms with E-state index < -0.39 is 10.0 Å². The van der Waals surface area contributed by atoms with E-state index in [1.54, 1.807) is 19.2 Å². The Morgan fingerprint density at radius 3 is 2.24 bits per heavy atom. The number of anilines is 1. The molecule has 0 spiro atoms. The highest BCUT2D eigenvalue weighted by molar-refractivity contribution is 7.92. The first kappa shape index (κ1) is 15.5. The van der Waals surface area contributed by atoms with Crippen molar-refractivity contribution >= 4 is 15.7 Å². The van der Waals surface area contributed by atoms with Gasteiger partial charge in [0.15, 0.2) is 0 Å². The van der Waals surface area contributed by atoms with Gasteiger partial charge in [-0.15, -0.1) is 0 Å². The Balaban J connectivity index is 2.50. The summed E-state index contributed by atoms with van der Waals surface area (Å²) in [6.45, 7) is 2.74. The molecule has 0 aliphatic heterocycles. The third-order valence-electron chi connectivity index (χ3n) is 3.24. The molecule has 0 aliphatic carbocycles. The van der Waals surface area contributed by atoms with E-state index in [0.717, 1.165) is 5.56 Å². The van der Waals surface area contributed by atoms with Gasteiger partial charge >= 0.3 is 0 Å². The van der Waals surface area contributed by atoms with Crippen molar-refractivity contribution in [1.29, 1.82) is 0 Å². The number of hydrogen-bond donors (Lipinski definition) is 1. The van der Waals surface area contributed by atoms with E-state index in [2.05, 4.69) is 5.32 Å². The van der Waals surface area contributed by atoms with Gasteiger partial charge in [0.1, 0.15) is 0 Å². The molecule has 0 bridgehead atoms. The molecular weight excluding hydrogens is 284 g/mol. The van der Waals surface area contributed by atoms with Gasteiger partial charge in [-0.3, -0.25) is 4.31 Å². The zero-order chi connectivity index (χ0) is 15.3. The van der Waals surface area contributed by atoms with E-state index in [1.165, 1.54) is 4.31 Å². The smallest absolute Gasteiger partial charge is 0.264 e. The van der Waals surface area contributed by atoms with Crippen LogP contribution >= 0.6 is 0 Å². The summed E-state index contributed by atoms with van der Waals surface area (Å²) >= 11 is 0. The van der Waals surface area contributed by atoms with Crippen LogP contribution in [0.4, 0.5) is 5.69 Å². The minimum atomic E-state index is -3.56. The van der Waals surface area contributed by atoms with Crippen LogP contribution in [-0.4, -0.2) is 22.0 Å². The van der Waals surface area contributed by atoms with Crippen molar-refractivity contribution in [1.82, 2.24) is 5.32 Å². The van der Waals surface area contributed by atoms with E-state index in [0.29, 0.717) is 23.7 Å². The molecule has 0 aliphatic rings. The fourth-order valence-corrected chi connectivity index (χ4v) is 3.99. The molecule has 1 N–H and O–H groups in total. The van der Waals surface area contributed by atoms with Crippen molar-refractivity contribution in [2.75, 3.05) is 17.9 Å². The Morgan fingerprint density at radius 1 is 1.00 bits per heavy atom. The van der Waals surface area contributed by atoms with Gasteiger partial charge < -0.3 is 5.32 Å². The molecule has 0 saturated heterocycles. The molecule has 0 unspecified atom stereocenters. The van der Waals surface area contributed by atoms with Crippen LogP contribution in [0.15, 0.2) is 59.5 Å². The van der Waals surface area contributed by atoms with E-state index in [9.17, 15) is 8.42 Å². The van der Waals surface area contributed by atoms with Crippen LogP contribution < -0.4 is 9.62 Å². The van der Waals surface area contributed by atoms with E-state index in [1.807, 2.05) is 49.4 Å². The van der Waals surface area contributed by atoms with Crippen molar-refractivity contribution in [2.24, 2.45) is 0 Å². The van der Waals surface area contributed by atoms with Gasteiger partial charge in [0, 0.05) is 13.1 Å². The first-order valence-electron chi connectivity index (χ1n) is 6.91. The van der Waals surface area contributed by atoms with Gasteiger partial charge in [-0.2, -0.15) is 0 Å². The largest absolute Gasteiger partial charge is 0.316 e. The molecule has 5 heteroatoms. The SMILES string of the molecule is CCN(c1ccccc1)S(=O)(=O)c1ccccc1CNC. The second-order valence-electron chi connectivity index (χ2n) is 4.64. The quantitative estimate of drug-likeness (QED) is 0.892. The summed E-state index contributed by atoms with van der Waals surface area (Å²) in [5, 5.41) is 3.01. The van der Waals surface area contributed by atoms with Crippen LogP contribution in [0.25, 0.3) is 0 Å². The Kier molecular flexibility index (Phi) is 4.98. The van der Waals surface area contributed by atoms with Gasteiger partial charge in [0.05, 0.1) is 10.6 Å². The monoisotopic (exact) mass is 304 g/mol. The van der Waals surface area contributed by atoms with Crippen molar-refractivity contribution in [3.05, 3.63) is 60.2 Å². The highest BCUT2D eigenvalue weighted by Gasteiger charge is 2.25. The Labute approximate surface area is 126 Å².